The summed E-state index contributed by atoms with van der Waals surface area (Å²) in [4.78, 5) is 24.9. The summed E-state index contributed by atoms with van der Waals surface area (Å²) in [5, 5.41) is 20.1. The Labute approximate surface area is 482 Å². The predicted molar refractivity (Wildman–Crippen MR) is 305 cm³/mol. The van der Waals surface area contributed by atoms with E-state index in [1.54, 1.807) is 48.5 Å². The number of carbonyl (C=O) groups excluding carboxylic acids is 1. The molecule has 0 fully saturated rings. The fraction of sp³-hybridized carbons (Fsp3) is 0.0154. The minimum absolute atomic E-state index is 0. The molecule has 0 bridgehead atoms. The van der Waals surface area contributed by atoms with Crippen molar-refractivity contribution in [1.82, 2.24) is 4.57 Å². The first-order valence-corrected chi connectivity index (χ1v) is 27.8. The van der Waals surface area contributed by atoms with Gasteiger partial charge in [0.1, 0.15) is 11.3 Å². The number of ketones is 1. The maximum atomic E-state index is 16.2. The molecule has 0 unspecified atom stereocenters. The van der Waals surface area contributed by atoms with Gasteiger partial charge in [-0.1, -0.05) is 231 Å². The number of rotatable bonds is 9. The van der Waals surface area contributed by atoms with Gasteiger partial charge in [0.25, 0.3) is 11.3 Å². The molecule has 0 aliphatic rings. The van der Waals surface area contributed by atoms with Crippen molar-refractivity contribution in [3.63, 3.8) is 0 Å². The van der Waals surface area contributed by atoms with Crippen molar-refractivity contribution in [2.24, 2.45) is 0 Å². The zero-order chi connectivity index (χ0) is 52.6. The minimum atomic E-state index is -5.30. The van der Waals surface area contributed by atoms with Gasteiger partial charge >= 0.3 is 6.18 Å². The Kier molecular flexibility index (Phi) is 15.2. The van der Waals surface area contributed by atoms with Gasteiger partial charge in [-0.15, -0.1) is 0 Å². The summed E-state index contributed by atoms with van der Waals surface area (Å²) in [5.74, 6) is -3.35. The molecule has 0 aliphatic carbocycles. The Hall–Kier alpha value is -7.29. The van der Waals surface area contributed by atoms with Crippen LogP contribution in [0.1, 0.15) is 10.4 Å². The van der Waals surface area contributed by atoms with Gasteiger partial charge in [-0.25, -0.2) is 0 Å². The number of benzene rings is 11. The number of aromatic nitrogens is 1. The molecule has 1 radical (unpaired) electrons. The zero-order valence-corrected chi connectivity index (χ0v) is 45.0. The number of Topliss-reactive ketones (excluding diaryl/α,β-unsaturated/α-hetero) is 1. The molecule has 12 rings (SSSR count). The maximum Gasteiger partial charge on any atom is 0.455 e. The molecule has 377 valence electrons. The number of alkyl halides is 3. The summed E-state index contributed by atoms with van der Waals surface area (Å²) in [7, 11) is -6.94. The average molecular weight is 1190 g/mol. The molecule has 0 atom stereocenters. The van der Waals surface area contributed by atoms with Crippen molar-refractivity contribution in [2.45, 2.75) is 6.18 Å². The van der Waals surface area contributed by atoms with Gasteiger partial charge in [-0.05, 0) is 62.6 Å². The molecule has 0 aliphatic heterocycles. The van der Waals surface area contributed by atoms with Crippen LogP contribution in [0.5, 0.6) is 5.75 Å². The Morgan fingerprint density at radius 2 is 0.740 bits per heavy atom. The van der Waals surface area contributed by atoms with Gasteiger partial charge in [0.05, 0.1) is 5.52 Å². The summed E-state index contributed by atoms with van der Waals surface area (Å²) in [5.41, 5.74) is -0.338. The summed E-state index contributed by atoms with van der Waals surface area (Å²) in [6, 6.07) is 81.9. The molecular formula is C65H44EuF3NO5P2. The second-order valence-corrected chi connectivity index (χ2v) is 23.6. The number of nitrogens with zero attached hydrogens (tertiary/aromatic N) is 1. The van der Waals surface area contributed by atoms with Crippen molar-refractivity contribution in [2.75, 3.05) is 0 Å². The first-order chi connectivity index (χ1) is 36.9. The van der Waals surface area contributed by atoms with E-state index < -0.39 is 43.1 Å². The van der Waals surface area contributed by atoms with Gasteiger partial charge in [0.2, 0.25) is 0 Å². The molecule has 11 aromatic carbocycles. The Balaban J connectivity index is 0.000000198. The average Bonchev–Trinajstić information content (AvgIpc) is 3.66. The van der Waals surface area contributed by atoms with E-state index in [-0.39, 0.29) is 66.0 Å². The summed E-state index contributed by atoms with van der Waals surface area (Å²) < 4.78 is 72.9. The molecule has 77 heavy (non-hydrogen) atoms. The maximum absolute atomic E-state index is 16.2. The number of pyridine rings is 1. The van der Waals surface area contributed by atoms with Crippen LogP contribution < -0.4 is 37.4 Å². The van der Waals surface area contributed by atoms with Crippen LogP contribution in [0.15, 0.2) is 266 Å². The van der Waals surface area contributed by atoms with Crippen molar-refractivity contribution in [1.29, 1.82) is 0 Å². The fourth-order valence-corrected chi connectivity index (χ4v) is 16.0. The molecule has 12 heteroatoms. The number of fused-ring (bicyclic) bond motifs is 5. The minimum Gasteiger partial charge on any atom is -0.506 e. The van der Waals surface area contributed by atoms with E-state index in [0.717, 1.165) is 69.1 Å². The van der Waals surface area contributed by atoms with Crippen molar-refractivity contribution in [3.8, 4) is 22.6 Å². The van der Waals surface area contributed by atoms with Gasteiger partial charge in [-0.3, -0.25) is 14.2 Å². The predicted octanol–water partition coefficient (Wildman–Crippen LogP) is 13.5. The Morgan fingerprint density at radius 1 is 0.416 bits per heavy atom. The number of para-hydroxylation sites is 1. The molecule has 0 saturated carbocycles. The van der Waals surface area contributed by atoms with E-state index in [9.17, 15) is 27.9 Å². The normalized spacial score (nSPS) is 11.7. The van der Waals surface area contributed by atoms with Gasteiger partial charge in [0.15, 0.2) is 14.3 Å². The van der Waals surface area contributed by atoms with Crippen molar-refractivity contribution in [3.05, 3.63) is 277 Å². The quantitative estimate of drug-likeness (QED) is 0.0883. The van der Waals surface area contributed by atoms with Gasteiger partial charge in [0, 0.05) is 103 Å². The van der Waals surface area contributed by atoms with Crippen LogP contribution in [0.3, 0.4) is 0 Å². The van der Waals surface area contributed by atoms with Crippen LogP contribution in [0.4, 0.5) is 13.2 Å². The molecule has 1 heterocycles. The van der Waals surface area contributed by atoms with E-state index in [0.29, 0.717) is 10.8 Å². The van der Waals surface area contributed by atoms with Crippen LogP contribution in [0.2, 0.25) is 0 Å². The van der Waals surface area contributed by atoms with Crippen LogP contribution in [0.25, 0.3) is 60.0 Å². The van der Waals surface area contributed by atoms with E-state index >= 15 is 9.13 Å². The first kappa shape index (κ1) is 53.1. The fourth-order valence-electron chi connectivity index (χ4n) is 10.3. The number of halogens is 3. The zero-order valence-electron chi connectivity index (χ0n) is 40.8. The standard InChI is InChI=1S/C44H32O2P2.C21H12F3NO3.Eu/c45-47(35-19-5-1-6-20-35,36-21-7-2-8-22-36)41-31-29-33-17-13-15-27-39(33)43(41)44-40-28-16-14-18-34(40)30-32-42(44)48(46,37-23-9-3-10-24-37)38-25-11-4-12-26-38;22-21(23,24)19(27)17-18(26)16-14-9-5-4-6-12(14)10-11-15(16)25(20(17)28)13-7-2-1-3-8-13;/h1-32H;1-11,26H;. The smallest absolute Gasteiger partial charge is 0.455 e. The third kappa shape index (κ3) is 9.58. The molecule has 1 aromatic heterocycles. The van der Waals surface area contributed by atoms with Crippen LogP contribution in [-0.2, 0) is 9.13 Å². The molecule has 6 nitrogen and oxygen atoms in total. The van der Waals surface area contributed by atoms with Crippen molar-refractivity contribution < 1.29 is 81.6 Å². The van der Waals surface area contributed by atoms with Gasteiger partial charge < -0.3 is 14.2 Å². The van der Waals surface area contributed by atoms with Crippen molar-refractivity contribution >= 4 is 95.1 Å². The van der Waals surface area contributed by atoms with E-state index in [4.69, 9.17) is 0 Å². The SMILES string of the molecule is O=C(c1c(O)c2c3ccccc3ccc2n(-c2ccccc2)c1=O)C(F)(F)F.O=P(c1ccccc1)(c1ccccc1)c1ccc2ccccc2c1-c1c(P(=O)(c2ccccc2)c2ccccc2)ccc2ccccc12.[Eu]. The van der Waals surface area contributed by atoms with Crippen LogP contribution >= 0.6 is 14.3 Å². The number of aromatic hydroxyl groups is 1. The van der Waals surface area contributed by atoms with E-state index in [1.165, 1.54) is 18.2 Å². The van der Waals surface area contributed by atoms with E-state index in [1.807, 2.05) is 158 Å². The third-order valence-corrected chi connectivity index (χ3v) is 20.0. The number of hydrogen-bond acceptors (Lipinski definition) is 5. The summed E-state index contributed by atoms with van der Waals surface area (Å²) in [6.07, 6.45) is -5.30. The second-order valence-electron chi connectivity index (χ2n) is 18.1. The number of carbonyl (C=O) groups is 1. The van der Waals surface area contributed by atoms with E-state index in [2.05, 4.69) is 36.4 Å². The summed E-state index contributed by atoms with van der Waals surface area (Å²) in [6.45, 7) is 0. The largest absolute Gasteiger partial charge is 0.506 e. The molecule has 1 N–H and O–H groups in total. The molecular weight excluding hydrogens is 1150 g/mol. The van der Waals surface area contributed by atoms with Crippen LogP contribution in [0, 0.1) is 49.4 Å². The molecule has 12 aromatic rings. The van der Waals surface area contributed by atoms with Gasteiger partial charge in [-0.2, -0.15) is 13.2 Å². The molecule has 0 saturated heterocycles. The Morgan fingerprint density at radius 3 is 1.13 bits per heavy atom. The molecule has 0 spiro atoms. The second kappa shape index (κ2) is 22.0. The first-order valence-electron chi connectivity index (χ1n) is 24.3. The van der Waals surface area contributed by atoms with Crippen LogP contribution in [-0.4, -0.2) is 21.6 Å². The number of hydrogen-bond donors (Lipinski definition) is 1. The third-order valence-electron chi connectivity index (χ3n) is 13.8. The monoisotopic (exact) mass is 1190 g/mol. The summed E-state index contributed by atoms with van der Waals surface area (Å²) >= 11 is 0. The molecule has 0 amide bonds. The Bertz CT molecular complexity index is 4070. The topological polar surface area (TPSA) is 93.4 Å².